The van der Waals surface area contributed by atoms with Crippen LogP contribution in [0.1, 0.15) is 54.9 Å². The Hall–Kier alpha value is -2.69. The van der Waals surface area contributed by atoms with Gasteiger partial charge < -0.3 is 9.47 Å². The number of nitrogens with zero attached hydrogens (tertiary/aromatic N) is 3. The van der Waals surface area contributed by atoms with E-state index in [1.807, 2.05) is 25.1 Å². The lowest BCUT2D eigenvalue weighted by Crippen LogP contribution is -2.32. The summed E-state index contributed by atoms with van der Waals surface area (Å²) in [6.07, 6.45) is 2.97. The van der Waals surface area contributed by atoms with E-state index in [1.165, 1.54) is 6.07 Å². The summed E-state index contributed by atoms with van der Waals surface area (Å²) in [6, 6.07) is 12.8. The third kappa shape index (κ3) is 4.24. The lowest BCUT2D eigenvalue weighted by atomic mass is 10.1. The van der Waals surface area contributed by atoms with Gasteiger partial charge in [0.1, 0.15) is 11.6 Å². The predicted molar refractivity (Wildman–Crippen MR) is 111 cm³/mol. The Morgan fingerprint density at radius 2 is 1.93 bits per heavy atom. The highest BCUT2D eigenvalue weighted by Gasteiger charge is 2.20. The van der Waals surface area contributed by atoms with Crippen LogP contribution in [0.3, 0.4) is 0 Å². The third-order valence-corrected chi connectivity index (χ3v) is 5.00. The fourth-order valence-electron chi connectivity index (χ4n) is 3.41. The van der Waals surface area contributed by atoms with E-state index in [2.05, 4.69) is 17.6 Å². The Balaban J connectivity index is 1.93. The minimum Gasteiger partial charge on any atom is -0.331 e. The topological polar surface area (TPSA) is 38.1 Å². The molecule has 0 saturated carbocycles. The largest absolute Gasteiger partial charge is 0.331 e. The second kappa shape index (κ2) is 9.00. The molecule has 0 aliphatic rings. The van der Waals surface area contributed by atoms with Crippen molar-refractivity contribution in [3.63, 3.8) is 0 Å². The molecule has 148 valence electrons. The number of imidazole rings is 1. The maximum atomic E-state index is 14.0. The summed E-state index contributed by atoms with van der Waals surface area (Å²) in [5.41, 5.74) is 2.96. The first kappa shape index (κ1) is 20.1. The van der Waals surface area contributed by atoms with Crippen molar-refractivity contribution in [2.24, 2.45) is 0 Å². The number of halogens is 1. The number of carbonyl (C=O) groups excluding carboxylic acids is 1. The van der Waals surface area contributed by atoms with Gasteiger partial charge in [0.05, 0.1) is 17.6 Å². The molecule has 4 nitrogen and oxygen atoms in total. The number of para-hydroxylation sites is 2. The number of carbonyl (C=O) groups is 1. The van der Waals surface area contributed by atoms with Gasteiger partial charge in [0.15, 0.2) is 0 Å². The zero-order chi connectivity index (χ0) is 20.1. The molecule has 2 aromatic carbocycles. The lowest BCUT2D eigenvalue weighted by Gasteiger charge is -2.23. The molecule has 0 saturated heterocycles. The van der Waals surface area contributed by atoms with E-state index in [0.717, 1.165) is 42.7 Å². The van der Waals surface area contributed by atoms with Gasteiger partial charge in [-0.25, -0.2) is 9.37 Å². The Kier molecular flexibility index (Phi) is 6.45. The summed E-state index contributed by atoms with van der Waals surface area (Å²) in [7, 11) is 0. The normalized spacial score (nSPS) is 11.1. The van der Waals surface area contributed by atoms with Gasteiger partial charge in [-0.15, -0.1) is 0 Å². The molecule has 0 spiro atoms. The molecule has 0 bridgehead atoms. The highest BCUT2D eigenvalue weighted by atomic mass is 19.1. The number of rotatable bonds is 8. The predicted octanol–water partition coefficient (Wildman–Crippen LogP) is 5.34. The van der Waals surface area contributed by atoms with Gasteiger partial charge in [-0.05, 0) is 49.6 Å². The van der Waals surface area contributed by atoms with Crippen molar-refractivity contribution in [3.05, 3.63) is 65.2 Å². The highest BCUT2D eigenvalue weighted by molar-refractivity contribution is 5.94. The summed E-state index contributed by atoms with van der Waals surface area (Å²) >= 11 is 0. The smallest absolute Gasteiger partial charge is 0.254 e. The average molecular weight is 381 g/mol. The molecule has 28 heavy (non-hydrogen) atoms. The van der Waals surface area contributed by atoms with Crippen LogP contribution in [0.25, 0.3) is 11.0 Å². The molecule has 0 aliphatic heterocycles. The Bertz CT molecular complexity index is 964. The van der Waals surface area contributed by atoms with Crippen LogP contribution in [-0.2, 0) is 13.1 Å². The fraction of sp³-hybridized carbons (Fsp3) is 0.391. The molecule has 1 amide bonds. The fourth-order valence-corrected chi connectivity index (χ4v) is 3.41. The molecule has 5 heteroatoms. The van der Waals surface area contributed by atoms with Crippen LogP contribution < -0.4 is 0 Å². The van der Waals surface area contributed by atoms with E-state index in [-0.39, 0.29) is 11.7 Å². The molecule has 1 aromatic heterocycles. The highest BCUT2D eigenvalue weighted by Crippen LogP contribution is 2.20. The molecule has 0 radical (unpaired) electrons. The van der Waals surface area contributed by atoms with E-state index < -0.39 is 0 Å². The maximum absolute atomic E-state index is 14.0. The van der Waals surface area contributed by atoms with Crippen LogP contribution in [-0.4, -0.2) is 26.9 Å². The van der Waals surface area contributed by atoms with Gasteiger partial charge >= 0.3 is 0 Å². The first-order chi connectivity index (χ1) is 13.5. The second-order valence-corrected chi connectivity index (χ2v) is 7.21. The molecule has 0 unspecified atom stereocenters. The summed E-state index contributed by atoms with van der Waals surface area (Å²) in [6.45, 7) is 7.79. The molecule has 0 fully saturated rings. The van der Waals surface area contributed by atoms with E-state index in [1.54, 1.807) is 24.0 Å². The number of aryl methyl sites for hydroxylation is 2. The lowest BCUT2D eigenvalue weighted by molar-refractivity contribution is 0.0736. The Morgan fingerprint density at radius 3 is 2.64 bits per heavy atom. The van der Waals surface area contributed by atoms with Crippen molar-refractivity contribution >= 4 is 16.9 Å². The maximum Gasteiger partial charge on any atom is 0.254 e. The van der Waals surface area contributed by atoms with E-state index in [4.69, 9.17) is 4.98 Å². The van der Waals surface area contributed by atoms with E-state index in [0.29, 0.717) is 24.2 Å². The van der Waals surface area contributed by atoms with Crippen molar-refractivity contribution in [1.82, 2.24) is 14.5 Å². The van der Waals surface area contributed by atoms with Crippen molar-refractivity contribution in [1.29, 1.82) is 0 Å². The van der Waals surface area contributed by atoms with Crippen molar-refractivity contribution in [3.8, 4) is 0 Å². The standard InChI is InChI=1S/C23H28FN3O/c1-4-6-14-27-21-10-8-7-9-20(21)25-22(27)16-26(13-5-2)23(28)18-12-11-17(3)19(24)15-18/h7-12,15H,4-6,13-14,16H2,1-3H3. The minimum atomic E-state index is -0.350. The molecule has 0 N–H and O–H groups in total. The SMILES string of the molecule is CCCCn1c(CN(CCC)C(=O)c2ccc(C)c(F)c2)nc2ccccc21. The van der Waals surface area contributed by atoms with Gasteiger partial charge in [-0.1, -0.05) is 38.5 Å². The van der Waals surface area contributed by atoms with Crippen molar-refractivity contribution in [2.45, 2.75) is 53.1 Å². The molecule has 3 aromatic rings. The molecule has 0 aliphatic carbocycles. The summed E-state index contributed by atoms with van der Waals surface area (Å²) < 4.78 is 16.2. The monoisotopic (exact) mass is 381 g/mol. The number of aromatic nitrogens is 2. The summed E-state index contributed by atoms with van der Waals surface area (Å²) in [5.74, 6) is 0.372. The van der Waals surface area contributed by atoms with Crippen molar-refractivity contribution in [2.75, 3.05) is 6.54 Å². The summed E-state index contributed by atoms with van der Waals surface area (Å²) in [4.78, 5) is 19.6. The number of fused-ring (bicyclic) bond motifs is 1. The van der Waals surface area contributed by atoms with Crippen LogP contribution in [0.5, 0.6) is 0 Å². The first-order valence-electron chi connectivity index (χ1n) is 10.0. The van der Waals surface area contributed by atoms with E-state index in [9.17, 15) is 9.18 Å². The number of benzene rings is 2. The molecular formula is C23H28FN3O. The molecular weight excluding hydrogens is 353 g/mol. The number of hydrogen-bond donors (Lipinski definition) is 0. The molecule has 3 rings (SSSR count). The quantitative estimate of drug-likeness (QED) is 0.528. The minimum absolute atomic E-state index is 0.158. The van der Waals surface area contributed by atoms with Gasteiger partial charge in [0, 0.05) is 18.7 Å². The van der Waals surface area contributed by atoms with Crippen LogP contribution >= 0.6 is 0 Å². The van der Waals surface area contributed by atoms with Crippen LogP contribution in [0, 0.1) is 12.7 Å². The zero-order valence-electron chi connectivity index (χ0n) is 16.9. The van der Waals surface area contributed by atoms with Crippen LogP contribution in [0.2, 0.25) is 0 Å². The van der Waals surface area contributed by atoms with Gasteiger partial charge in [0.2, 0.25) is 0 Å². The molecule has 1 heterocycles. The first-order valence-corrected chi connectivity index (χ1v) is 10.0. The number of amides is 1. The zero-order valence-corrected chi connectivity index (χ0v) is 16.9. The van der Waals surface area contributed by atoms with Gasteiger partial charge in [0.25, 0.3) is 5.91 Å². The van der Waals surface area contributed by atoms with Gasteiger partial charge in [-0.2, -0.15) is 0 Å². The summed E-state index contributed by atoms with van der Waals surface area (Å²) in [5, 5.41) is 0. The van der Waals surface area contributed by atoms with Crippen molar-refractivity contribution < 1.29 is 9.18 Å². The average Bonchev–Trinajstić information content (AvgIpc) is 3.04. The van der Waals surface area contributed by atoms with Crippen LogP contribution in [0.15, 0.2) is 42.5 Å². The van der Waals surface area contributed by atoms with Gasteiger partial charge in [-0.3, -0.25) is 4.79 Å². The molecule has 0 atom stereocenters. The second-order valence-electron chi connectivity index (χ2n) is 7.21. The number of unbranched alkanes of at least 4 members (excludes halogenated alkanes) is 1. The Morgan fingerprint density at radius 1 is 1.14 bits per heavy atom. The third-order valence-electron chi connectivity index (χ3n) is 5.00. The Labute approximate surface area is 166 Å². The number of hydrogen-bond acceptors (Lipinski definition) is 2. The van der Waals surface area contributed by atoms with Crippen LogP contribution in [0.4, 0.5) is 4.39 Å². The van der Waals surface area contributed by atoms with E-state index >= 15 is 0 Å².